The van der Waals surface area contributed by atoms with E-state index in [4.69, 9.17) is 4.52 Å². The van der Waals surface area contributed by atoms with E-state index < -0.39 is 4.92 Å². The number of aromatic amines is 1. The quantitative estimate of drug-likeness (QED) is 0.445. The van der Waals surface area contributed by atoms with Gasteiger partial charge in [0.05, 0.1) is 10.3 Å². The van der Waals surface area contributed by atoms with Crippen molar-refractivity contribution in [1.29, 1.82) is 0 Å². The number of nitrogens with one attached hydrogen (secondary N) is 1. The monoisotopic (exact) mass is 349 g/mol. The zero-order valence-electron chi connectivity index (χ0n) is 13.5. The molecule has 0 amide bonds. The van der Waals surface area contributed by atoms with Crippen LogP contribution in [0.4, 0.5) is 5.69 Å². The summed E-state index contributed by atoms with van der Waals surface area (Å²) in [4.78, 5) is 26.8. The Morgan fingerprint density at radius 1 is 1.15 bits per heavy atom. The highest BCUT2D eigenvalue weighted by atomic mass is 16.6. The summed E-state index contributed by atoms with van der Waals surface area (Å²) in [5.41, 5.74) is 0.974. The molecule has 0 fully saturated rings. The van der Waals surface area contributed by atoms with Crippen molar-refractivity contribution in [3.63, 3.8) is 0 Å². The third-order valence-electron chi connectivity index (χ3n) is 3.99. The molecule has 4 rings (SSSR count). The first-order chi connectivity index (χ1) is 12.5. The molecule has 0 atom stereocenters. The van der Waals surface area contributed by atoms with Crippen LogP contribution in [0.25, 0.3) is 33.7 Å². The Labute approximate surface area is 145 Å². The van der Waals surface area contributed by atoms with E-state index in [1.54, 1.807) is 43.3 Å². The summed E-state index contributed by atoms with van der Waals surface area (Å²) in [7, 11) is 0. The first-order valence-electron chi connectivity index (χ1n) is 7.61. The van der Waals surface area contributed by atoms with Gasteiger partial charge in [-0.2, -0.15) is 10.1 Å². The summed E-state index contributed by atoms with van der Waals surface area (Å²) < 4.78 is 5.27. The van der Waals surface area contributed by atoms with E-state index in [0.717, 1.165) is 0 Å². The fourth-order valence-corrected chi connectivity index (χ4v) is 2.66. The molecular formula is C17H11N5O4. The number of rotatable bonds is 3. The Morgan fingerprint density at radius 2 is 1.92 bits per heavy atom. The van der Waals surface area contributed by atoms with Crippen molar-refractivity contribution in [1.82, 2.24) is 20.3 Å². The van der Waals surface area contributed by atoms with Crippen LogP contribution in [0, 0.1) is 17.0 Å². The van der Waals surface area contributed by atoms with Crippen LogP contribution in [0.2, 0.25) is 0 Å². The fourth-order valence-electron chi connectivity index (χ4n) is 2.66. The molecule has 0 unspecified atom stereocenters. The van der Waals surface area contributed by atoms with Gasteiger partial charge in [0.15, 0.2) is 5.69 Å². The van der Waals surface area contributed by atoms with Crippen molar-refractivity contribution < 1.29 is 9.45 Å². The normalized spacial score (nSPS) is 11.0. The highest BCUT2D eigenvalue weighted by Gasteiger charge is 2.18. The minimum atomic E-state index is -0.461. The number of H-pyrrole nitrogens is 1. The second-order valence-corrected chi connectivity index (χ2v) is 5.63. The number of aromatic nitrogens is 4. The SMILES string of the molecule is Cc1ccc(-c2noc(-c3n[nH]c(=O)c4ccccc34)n2)cc1[N+](=O)[O-]. The second-order valence-electron chi connectivity index (χ2n) is 5.63. The number of aryl methyl sites for hydroxylation is 1. The first-order valence-corrected chi connectivity index (χ1v) is 7.61. The summed E-state index contributed by atoms with van der Waals surface area (Å²) in [5, 5.41) is 22.4. The molecule has 2 aromatic carbocycles. The van der Waals surface area contributed by atoms with Crippen molar-refractivity contribution >= 4 is 16.5 Å². The van der Waals surface area contributed by atoms with Gasteiger partial charge in [-0.25, -0.2) is 5.10 Å². The average molecular weight is 349 g/mol. The van der Waals surface area contributed by atoms with Crippen LogP contribution >= 0.6 is 0 Å². The maximum Gasteiger partial charge on any atom is 0.279 e. The maximum absolute atomic E-state index is 11.9. The largest absolute Gasteiger partial charge is 0.332 e. The van der Waals surface area contributed by atoms with E-state index in [9.17, 15) is 14.9 Å². The average Bonchev–Trinajstić information content (AvgIpc) is 3.12. The molecule has 0 radical (unpaired) electrons. The molecule has 0 aliphatic carbocycles. The van der Waals surface area contributed by atoms with E-state index in [1.807, 2.05) is 0 Å². The van der Waals surface area contributed by atoms with Gasteiger partial charge in [0.25, 0.3) is 17.1 Å². The molecule has 1 N–H and O–H groups in total. The molecule has 9 nitrogen and oxygen atoms in total. The number of nitrogens with zero attached hydrogens (tertiary/aromatic N) is 4. The molecule has 0 spiro atoms. The number of benzene rings is 2. The van der Waals surface area contributed by atoms with Gasteiger partial charge in [0.2, 0.25) is 5.82 Å². The molecule has 0 saturated heterocycles. The van der Waals surface area contributed by atoms with Gasteiger partial charge in [-0.15, -0.1) is 0 Å². The van der Waals surface area contributed by atoms with Crippen molar-refractivity contribution in [3.05, 3.63) is 68.5 Å². The van der Waals surface area contributed by atoms with Crippen LogP contribution in [0.1, 0.15) is 5.56 Å². The van der Waals surface area contributed by atoms with Crippen molar-refractivity contribution in [3.8, 4) is 23.0 Å². The third kappa shape index (κ3) is 2.51. The zero-order chi connectivity index (χ0) is 18.3. The lowest BCUT2D eigenvalue weighted by Crippen LogP contribution is -2.09. The Morgan fingerprint density at radius 3 is 2.69 bits per heavy atom. The summed E-state index contributed by atoms with van der Waals surface area (Å²) >= 11 is 0. The predicted molar refractivity (Wildman–Crippen MR) is 92.5 cm³/mol. The molecule has 128 valence electrons. The van der Waals surface area contributed by atoms with E-state index in [1.165, 1.54) is 6.07 Å². The first kappa shape index (κ1) is 15.6. The van der Waals surface area contributed by atoms with E-state index in [-0.39, 0.29) is 23.0 Å². The number of nitro benzene ring substituents is 1. The van der Waals surface area contributed by atoms with Crippen LogP contribution in [-0.2, 0) is 0 Å². The van der Waals surface area contributed by atoms with Crippen LogP contribution < -0.4 is 5.56 Å². The Bertz CT molecular complexity index is 1210. The summed E-state index contributed by atoms with van der Waals surface area (Å²) in [6.07, 6.45) is 0. The molecule has 0 bridgehead atoms. The van der Waals surface area contributed by atoms with Gasteiger partial charge in [-0.3, -0.25) is 14.9 Å². The Kier molecular flexibility index (Phi) is 3.54. The van der Waals surface area contributed by atoms with Crippen LogP contribution in [0.5, 0.6) is 0 Å². The molecule has 0 aliphatic heterocycles. The van der Waals surface area contributed by atoms with Gasteiger partial charge >= 0.3 is 0 Å². The highest BCUT2D eigenvalue weighted by molar-refractivity contribution is 5.91. The molecule has 0 saturated carbocycles. The summed E-state index contributed by atoms with van der Waals surface area (Å²) in [6.45, 7) is 1.65. The maximum atomic E-state index is 11.9. The topological polar surface area (TPSA) is 128 Å². The van der Waals surface area contributed by atoms with Crippen LogP contribution in [-0.4, -0.2) is 25.3 Å². The fraction of sp³-hybridized carbons (Fsp3) is 0.0588. The molecule has 4 aromatic rings. The molecule has 2 heterocycles. The Balaban J connectivity index is 1.83. The molecule has 2 aromatic heterocycles. The van der Waals surface area contributed by atoms with Crippen molar-refractivity contribution in [2.45, 2.75) is 6.92 Å². The van der Waals surface area contributed by atoms with E-state index >= 15 is 0 Å². The minimum Gasteiger partial charge on any atom is -0.332 e. The van der Waals surface area contributed by atoms with Gasteiger partial charge in [-0.05, 0) is 13.0 Å². The standard InChI is InChI=1S/C17H11N5O4/c1-9-6-7-10(8-13(9)22(24)25)15-18-17(26-21-15)14-11-4-2-3-5-12(11)16(23)20-19-14/h2-8H,1H3,(H,20,23). The molecular weight excluding hydrogens is 338 g/mol. The minimum absolute atomic E-state index is 0.0264. The van der Waals surface area contributed by atoms with Crippen LogP contribution in [0.15, 0.2) is 51.8 Å². The summed E-state index contributed by atoms with van der Waals surface area (Å²) in [5.74, 6) is 0.302. The number of hydrogen-bond acceptors (Lipinski definition) is 7. The van der Waals surface area contributed by atoms with Gasteiger partial charge in [0, 0.05) is 22.6 Å². The van der Waals surface area contributed by atoms with Gasteiger partial charge in [-0.1, -0.05) is 35.5 Å². The lowest BCUT2D eigenvalue weighted by molar-refractivity contribution is -0.385. The second kappa shape index (κ2) is 5.88. The zero-order valence-corrected chi connectivity index (χ0v) is 13.5. The van der Waals surface area contributed by atoms with Gasteiger partial charge in [0.1, 0.15) is 0 Å². The molecule has 26 heavy (non-hydrogen) atoms. The molecule has 9 heteroatoms. The van der Waals surface area contributed by atoms with Crippen LogP contribution in [0.3, 0.4) is 0 Å². The lowest BCUT2D eigenvalue weighted by atomic mass is 10.1. The van der Waals surface area contributed by atoms with E-state index in [2.05, 4.69) is 20.3 Å². The number of nitro groups is 1. The van der Waals surface area contributed by atoms with Gasteiger partial charge < -0.3 is 4.52 Å². The van der Waals surface area contributed by atoms with Crippen molar-refractivity contribution in [2.24, 2.45) is 0 Å². The summed E-state index contributed by atoms with van der Waals surface area (Å²) in [6, 6.07) is 11.6. The number of hydrogen-bond donors (Lipinski definition) is 1. The lowest BCUT2D eigenvalue weighted by Gasteiger charge is -2.00. The van der Waals surface area contributed by atoms with Crippen molar-refractivity contribution in [2.75, 3.05) is 0 Å². The Hall–Kier alpha value is -3.88. The third-order valence-corrected chi connectivity index (χ3v) is 3.99. The highest BCUT2D eigenvalue weighted by Crippen LogP contribution is 2.28. The predicted octanol–water partition coefficient (Wildman–Crippen LogP) is 2.86. The number of fused-ring (bicyclic) bond motifs is 1. The molecule has 0 aliphatic rings. The van der Waals surface area contributed by atoms with E-state index in [0.29, 0.717) is 27.6 Å². The smallest absolute Gasteiger partial charge is 0.279 e.